The number of carbonyl (C=O) groups is 1. The fourth-order valence-corrected chi connectivity index (χ4v) is 3.56. The lowest BCUT2D eigenvalue weighted by atomic mass is 10.2. The van der Waals surface area contributed by atoms with Crippen molar-refractivity contribution in [3.63, 3.8) is 0 Å². The first-order chi connectivity index (χ1) is 13.9. The molecule has 8 heteroatoms. The van der Waals surface area contributed by atoms with Crippen LogP contribution in [0.1, 0.15) is 18.9 Å². The maximum atomic E-state index is 13.9. The van der Waals surface area contributed by atoms with E-state index in [-0.39, 0.29) is 11.6 Å². The Balaban J connectivity index is 1.87. The molecule has 0 radical (unpaired) electrons. The molecule has 0 unspecified atom stereocenters. The van der Waals surface area contributed by atoms with E-state index in [0.717, 1.165) is 35.9 Å². The summed E-state index contributed by atoms with van der Waals surface area (Å²) < 4.78 is 38.0. The van der Waals surface area contributed by atoms with Crippen LogP contribution >= 0.6 is 11.8 Å². The number of amidine groups is 1. The summed E-state index contributed by atoms with van der Waals surface area (Å²) in [6.07, 6.45) is 2.59. The van der Waals surface area contributed by atoms with Gasteiger partial charge in [0.1, 0.15) is 11.5 Å². The van der Waals surface area contributed by atoms with E-state index < -0.39 is 11.6 Å². The quantitative estimate of drug-likeness (QED) is 0.620. The highest BCUT2D eigenvalue weighted by Gasteiger charge is 2.30. The molecule has 0 aromatic heterocycles. The van der Waals surface area contributed by atoms with Crippen LogP contribution in [0, 0.1) is 11.6 Å². The van der Waals surface area contributed by atoms with E-state index in [0.29, 0.717) is 28.2 Å². The molecule has 1 saturated heterocycles. The van der Waals surface area contributed by atoms with Gasteiger partial charge in [0.05, 0.1) is 18.6 Å². The Labute approximate surface area is 172 Å². The van der Waals surface area contributed by atoms with Gasteiger partial charge in [-0.25, -0.2) is 13.8 Å². The first-order valence-corrected chi connectivity index (χ1v) is 9.76. The topological polar surface area (TPSA) is 51.1 Å². The number of nitrogens with zero attached hydrogens (tertiary/aromatic N) is 2. The first-order valence-electron chi connectivity index (χ1n) is 8.95. The number of aliphatic imine (C=N–C) groups is 1. The van der Waals surface area contributed by atoms with Gasteiger partial charge in [-0.1, -0.05) is 13.0 Å². The average molecular weight is 418 g/mol. The minimum absolute atomic E-state index is 0.0334. The number of benzene rings is 2. The Bertz CT molecular complexity index is 992. The van der Waals surface area contributed by atoms with E-state index in [2.05, 4.69) is 4.99 Å². The van der Waals surface area contributed by atoms with Crippen LogP contribution in [0.4, 0.5) is 14.5 Å². The van der Waals surface area contributed by atoms with E-state index in [9.17, 15) is 13.6 Å². The van der Waals surface area contributed by atoms with Gasteiger partial charge in [-0.2, -0.15) is 0 Å². The standard InChI is InChI=1S/C21H20F2N2O3S/c1-4-9-28-17-8-5-13(10-18(17)27-3)11-19-20(26)25(2)21(29-19)24-16-7-6-14(22)12-15(16)23/h5-8,10-12H,4,9H2,1-3H3/b19-11-,24-21?. The number of methoxy groups -OCH3 is 1. The fourth-order valence-electron chi connectivity index (χ4n) is 2.58. The zero-order valence-corrected chi connectivity index (χ0v) is 17.1. The Hall–Kier alpha value is -2.87. The summed E-state index contributed by atoms with van der Waals surface area (Å²) in [5, 5.41) is 0.307. The van der Waals surface area contributed by atoms with E-state index in [1.54, 1.807) is 32.4 Å². The molecule has 1 amide bonds. The number of thioether (sulfide) groups is 1. The molecule has 3 rings (SSSR count). The van der Waals surface area contributed by atoms with Crippen LogP contribution < -0.4 is 9.47 Å². The number of hydrogen-bond donors (Lipinski definition) is 0. The summed E-state index contributed by atoms with van der Waals surface area (Å²) in [7, 11) is 3.11. The monoisotopic (exact) mass is 418 g/mol. The second-order valence-electron chi connectivity index (χ2n) is 6.22. The van der Waals surface area contributed by atoms with Gasteiger partial charge in [0.15, 0.2) is 22.5 Å². The molecule has 0 N–H and O–H groups in total. The number of ether oxygens (including phenoxy) is 2. The molecular formula is C21H20F2N2O3S. The van der Waals surface area contributed by atoms with Crippen molar-refractivity contribution in [1.82, 2.24) is 4.90 Å². The van der Waals surface area contributed by atoms with Crippen molar-refractivity contribution >= 4 is 34.6 Å². The molecule has 0 saturated carbocycles. The molecule has 1 fully saturated rings. The van der Waals surface area contributed by atoms with Crippen molar-refractivity contribution in [2.24, 2.45) is 4.99 Å². The molecule has 0 aliphatic carbocycles. The normalized spacial score (nSPS) is 16.7. The lowest BCUT2D eigenvalue weighted by Crippen LogP contribution is -2.23. The first kappa shape index (κ1) is 20.9. The molecule has 0 spiro atoms. The predicted octanol–water partition coefficient (Wildman–Crippen LogP) is 5.00. The minimum atomic E-state index is -0.788. The maximum Gasteiger partial charge on any atom is 0.266 e. The SMILES string of the molecule is CCCOc1ccc(/C=C2\SC(=Nc3ccc(F)cc3F)N(C)C2=O)cc1OC. The van der Waals surface area contributed by atoms with Gasteiger partial charge >= 0.3 is 0 Å². The van der Waals surface area contributed by atoms with E-state index >= 15 is 0 Å². The van der Waals surface area contributed by atoms with Gasteiger partial charge in [-0.3, -0.25) is 9.69 Å². The molecule has 0 atom stereocenters. The molecule has 152 valence electrons. The van der Waals surface area contributed by atoms with Crippen LogP contribution in [-0.2, 0) is 4.79 Å². The van der Waals surface area contributed by atoms with Crippen molar-refractivity contribution in [3.8, 4) is 11.5 Å². The third-order valence-corrected chi connectivity index (χ3v) is 5.14. The molecule has 1 aliphatic rings. The Morgan fingerprint density at radius 2 is 1.97 bits per heavy atom. The highest BCUT2D eigenvalue weighted by Crippen LogP contribution is 2.35. The summed E-state index contributed by atoms with van der Waals surface area (Å²) in [6, 6.07) is 8.50. The van der Waals surface area contributed by atoms with Crippen LogP contribution in [0.3, 0.4) is 0 Å². The van der Waals surface area contributed by atoms with E-state index in [4.69, 9.17) is 9.47 Å². The van der Waals surface area contributed by atoms with Crippen LogP contribution in [0.25, 0.3) is 6.08 Å². The lowest BCUT2D eigenvalue weighted by Gasteiger charge is -2.10. The summed E-state index contributed by atoms with van der Waals surface area (Å²) >= 11 is 1.12. The molecule has 5 nitrogen and oxygen atoms in total. The van der Waals surface area contributed by atoms with Gasteiger partial charge in [-0.05, 0) is 54.1 Å². The van der Waals surface area contributed by atoms with E-state index in [1.165, 1.54) is 11.0 Å². The Kier molecular flexibility index (Phi) is 6.53. The number of hydrogen-bond acceptors (Lipinski definition) is 5. The molecule has 1 heterocycles. The fraction of sp³-hybridized carbons (Fsp3) is 0.238. The van der Waals surface area contributed by atoms with Crippen molar-refractivity contribution in [2.75, 3.05) is 20.8 Å². The van der Waals surface area contributed by atoms with Crippen LogP contribution in [0.2, 0.25) is 0 Å². The molecule has 2 aromatic carbocycles. The molecule has 29 heavy (non-hydrogen) atoms. The molecule has 1 aliphatic heterocycles. The smallest absolute Gasteiger partial charge is 0.266 e. The molecular weight excluding hydrogens is 398 g/mol. The van der Waals surface area contributed by atoms with Crippen LogP contribution in [-0.4, -0.2) is 36.7 Å². The Morgan fingerprint density at radius 3 is 2.66 bits per heavy atom. The van der Waals surface area contributed by atoms with Crippen molar-refractivity contribution in [3.05, 3.63) is 58.5 Å². The van der Waals surface area contributed by atoms with Crippen molar-refractivity contribution in [1.29, 1.82) is 0 Å². The number of likely N-dealkylation sites (N-methyl/N-ethyl adjacent to an activating group) is 1. The number of amides is 1. The molecule has 0 bridgehead atoms. The van der Waals surface area contributed by atoms with Gasteiger partial charge in [0.2, 0.25) is 0 Å². The predicted molar refractivity (Wildman–Crippen MR) is 111 cm³/mol. The highest BCUT2D eigenvalue weighted by atomic mass is 32.2. The third-order valence-electron chi connectivity index (χ3n) is 4.08. The van der Waals surface area contributed by atoms with Crippen molar-refractivity contribution in [2.45, 2.75) is 13.3 Å². The second kappa shape index (κ2) is 9.09. The number of halogens is 2. The zero-order chi connectivity index (χ0) is 21.0. The summed E-state index contributed by atoms with van der Waals surface area (Å²) in [4.78, 5) is 18.5. The highest BCUT2D eigenvalue weighted by molar-refractivity contribution is 8.18. The van der Waals surface area contributed by atoms with Gasteiger partial charge < -0.3 is 9.47 Å². The van der Waals surface area contributed by atoms with Gasteiger partial charge in [-0.15, -0.1) is 0 Å². The van der Waals surface area contributed by atoms with Crippen LogP contribution in [0.15, 0.2) is 46.3 Å². The number of rotatable bonds is 6. The molecule has 2 aromatic rings. The van der Waals surface area contributed by atoms with Gasteiger partial charge in [0.25, 0.3) is 5.91 Å². The summed E-state index contributed by atoms with van der Waals surface area (Å²) in [5.74, 6) is -0.534. The zero-order valence-electron chi connectivity index (χ0n) is 16.2. The third kappa shape index (κ3) is 4.76. The number of carbonyl (C=O) groups excluding carboxylic acids is 1. The summed E-state index contributed by atoms with van der Waals surface area (Å²) in [6.45, 7) is 2.59. The summed E-state index contributed by atoms with van der Waals surface area (Å²) in [5.41, 5.74) is 0.720. The second-order valence-corrected chi connectivity index (χ2v) is 7.23. The van der Waals surface area contributed by atoms with Crippen molar-refractivity contribution < 1.29 is 23.0 Å². The minimum Gasteiger partial charge on any atom is -0.493 e. The maximum absolute atomic E-state index is 13.9. The largest absolute Gasteiger partial charge is 0.493 e. The average Bonchev–Trinajstić information content (AvgIpc) is 2.96. The Morgan fingerprint density at radius 1 is 1.17 bits per heavy atom. The van der Waals surface area contributed by atoms with Crippen LogP contribution in [0.5, 0.6) is 11.5 Å². The van der Waals surface area contributed by atoms with E-state index in [1.807, 2.05) is 13.0 Å². The lowest BCUT2D eigenvalue weighted by molar-refractivity contribution is -0.121. The van der Waals surface area contributed by atoms with Gasteiger partial charge in [0, 0.05) is 13.1 Å².